The Morgan fingerprint density at radius 2 is 2.18 bits per heavy atom. The van der Waals surface area contributed by atoms with Gasteiger partial charge in [0.15, 0.2) is 17.0 Å². The van der Waals surface area contributed by atoms with E-state index in [0.717, 1.165) is 12.8 Å². The molecule has 7 nitrogen and oxygen atoms in total. The molecule has 1 saturated heterocycles. The van der Waals surface area contributed by atoms with E-state index in [9.17, 15) is 9.59 Å². The van der Waals surface area contributed by atoms with Crippen molar-refractivity contribution in [1.82, 2.24) is 15.0 Å². The van der Waals surface area contributed by atoms with Crippen LogP contribution in [0, 0.1) is 13.8 Å². The van der Waals surface area contributed by atoms with E-state index in [1.54, 1.807) is 18.7 Å². The first-order valence-electron chi connectivity index (χ1n) is 7.24. The maximum absolute atomic E-state index is 12.5. The monoisotopic (exact) mass is 303 g/mol. The lowest BCUT2D eigenvalue weighted by atomic mass is 9.97. The van der Waals surface area contributed by atoms with Crippen molar-refractivity contribution in [2.75, 3.05) is 13.1 Å². The fraction of sp³-hybridized carbons (Fsp3) is 0.467. The Bertz CT molecular complexity index is 749. The zero-order chi connectivity index (χ0) is 15.7. The summed E-state index contributed by atoms with van der Waals surface area (Å²) in [6.45, 7) is 4.52. The molecule has 0 radical (unpaired) electrons. The Morgan fingerprint density at radius 1 is 1.36 bits per heavy atom. The largest absolute Gasteiger partial charge is 0.456 e. The Morgan fingerprint density at radius 3 is 2.86 bits per heavy atom. The molecule has 0 N–H and O–H groups in total. The van der Waals surface area contributed by atoms with Gasteiger partial charge >= 0.3 is 0 Å². The predicted octanol–water partition coefficient (Wildman–Crippen LogP) is 1.66. The van der Waals surface area contributed by atoms with Crippen LogP contribution in [0.15, 0.2) is 25.9 Å². The summed E-state index contributed by atoms with van der Waals surface area (Å²) in [7, 11) is 0. The highest BCUT2D eigenvalue weighted by Gasteiger charge is 2.29. The van der Waals surface area contributed by atoms with Crippen molar-refractivity contribution in [1.29, 1.82) is 0 Å². The summed E-state index contributed by atoms with van der Waals surface area (Å²) in [4.78, 5) is 30.0. The summed E-state index contributed by atoms with van der Waals surface area (Å²) < 4.78 is 10.4. The van der Waals surface area contributed by atoms with Crippen LogP contribution in [0.4, 0.5) is 0 Å². The van der Waals surface area contributed by atoms with Gasteiger partial charge in [-0.05, 0) is 19.8 Å². The molecule has 3 heterocycles. The first-order chi connectivity index (χ1) is 10.5. The molecule has 1 aliphatic rings. The highest BCUT2D eigenvalue weighted by atomic mass is 16.5. The number of nitrogens with zero attached hydrogens (tertiary/aromatic N) is 3. The van der Waals surface area contributed by atoms with Gasteiger partial charge in [-0.3, -0.25) is 9.59 Å². The third-order valence-electron chi connectivity index (χ3n) is 3.72. The number of piperidine rings is 1. The first-order valence-corrected chi connectivity index (χ1v) is 7.24. The quantitative estimate of drug-likeness (QED) is 0.838. The van der Waals surface area contributed by atoms with Crippen molar-refractivity contribution in [2.24, 2.45) is 0 Å². The van der Waals surface area contributed by atoms with Crippen LogP contribution in [0.25, 0.3) is 0 Å². The van der Waals surface area contributed by atoms with Gasteiger partial charge in [-0.1, -0.05) is 5.16 Å². The molecule has 0 bridgehead atoms. The standard InChI is InChI=1S/C15H17N3O4/c1-9-6-12(19)7-13(21-9)15(20)18-5-3-4-11(8-18)14-16-10(2)22-17-14/h6-7,11H,3-5,8H2,1-2H3/t11-/m1/s1. The SMILES string of the molecule is Cc1cc(=O)cc(C(=O)N2CCC[C@@H](c3noc(C)n3)C2)o1. The first kappa shape index (κ1) is 14.5. The van der Waals surface area contributed by atoms with Crippen LogP contribution in [0.3, 0.4) is 0 Å². The zero-order valence-corrected chi connectivity index (χ0v) is 12.5. The van der Waals surface area contributed by atoms with E-state index in [4.69, 9.17) is 8.94 Å². The van der Waals surface area contributed by atoms with Crippen LogP contribution in [0.2, 0.25) is 0 Å². The molecule has 0 spiro atoms. The number of hydrogen-bond donors (Lipinski definition) is 0. The average Bonchev–Trinajstić information content (AvgIpc) is 2.92. The molecule has 116 valence electrons. The van der Waals surface area contributed by atoms with Crippen molar-refractivity contribution in [3.05, 3.63) is 45.6 Å². The molecular weight excluding hydrogens is 286 g/mol. The van der Waals surface area contributed by atoms with Gasteiger partial charge < -0.3 is 13.8 Å². The third-order valence-corrected chi connectivity index (χ3v) is 3.72. The van der Waals surface area contributed by atoms with Crippen molar-refractivity contribution in [2.45, 2.75) is 32.6 Å². The Hall–Kier alpha value is -2.44. The van der Waals surface area contributed by atoms with Crippen LogP contribution in [0.1, 0.15) is 46.8 Å². The van der Waals surface area contributed by atoms with Crippen LogP contribution < -0.4 is 5.43 Å². The molecule has 1 amide bonds. The second-order valence-corrected chi connectivity index (χ2v) is 5.53. The smallest absolute Gasteiger partial charge is 0.289 e. The van der Waals surface area contributed by atoms with Crippen molar-refractivity contribution in [3.8, 4) is 0 Å². The molecule has 3 rings (SSSR count). The second kappa shape index (κ2) is 5.75. The lowest BCUT2D eigenvalue weighted by molar-refractivity contribution is 0.0667. The van der Waals surface area contributed by atoms with Crippen LogP contribution in [-0.4, -0.2) is 34.0 Å². The summed E-state index contributed by atoms with van der Waals surface area (Å²) in [5, 5.41) is 3.94. The van der Waals surface area contributed by atoms with Gasteiger partial charge in [-0.25, -0.2) is 0 Å². The van der Waals surface area contributed by atoms with E-state index < -0.39 is 0 Å². The van der Waals surface area contributed by atoms with Gasteiger partial charge in [-0.2, -0.15) is 4.98 Å². The molecule has 0 unspecified atom stereocenters. The van der Waals surface area contributed by atoms with Gasteiger partial charge in [0.2, 0.25) is 5.89 Å². The van der Waals surface area contributed by atoms with E-state index in [0.29, 0.717) is 30.6 Å². The lowest BCUT2D eigenvalue weighted by Gasteiger charge is -2.30. The number of carbonyl (C=O) groups excluding carboxylic acids is 1. The van der Waals surface area contributed by atoms with Gasteiger partial charge in [0.1, 0.15) is 5.76 Å². The van der Waals surface area contributed by atoms with E-state index in [1.165, 1.54) is 12.1 Å². The van der Waals surface area contributed by atoms with E-state index >= 15 is 0 Å². The minimum atomic E-state index is -0.272. The summed E-state index contributed by atoms with van der Waals surface area (Å²) >= 11 is 0. The number of aromatic nitrogens is 2. The van der Waals surface area contributed by atoms with Gasteiger partial charge in [-0.15, -0.1) is 0 Å². The normalized spacial score (nSPS) is 18.5. The third kappa shape index (κ3) is 2.93. The zero-order valence-electron chi connectivity index (χ0n) is 12.5. The Kier molecular flexibility index (Phi) is 3.79. The lowest BCUT2D eigenvalue weighted by Crippen LogP contribution is -2.39. The van der Waals surface area contributed by atoms with E-state index in [2.05, 4.69) is 10.1 Å². The number of aryl methyl sites for hydroxylation is 2. The number of hydrogen-bond acceptors (Lipinski definition) is 6. The topological polar surface area (TPSA) is 89.4 Å². The van der Waals surface area contributed by atoms with Crippen LogP contribution >= 0.6 is 0 Å². The Labute approximate surface area is 126 Å². The van der Waals surface area contributed by atoms with Crippen LogP contribution in [0.5, 0.6) is 0 Å². The number of rotatable bonds is 2. The number of amides is 1. The molecule has 22 heavy (non-hydrogen) atoms. The van der Waals surface area contributed by atoms with Gasteiger partial charge in [0.05, 0.1) is 0 Å². The fourth-order valence-electron chi connectivity index (χ4n) is 2.72. The van der Waals surface area contributed by atoms with Crippen LogP contribution in [-0.2, 0) is 0 Å². The molecular formula is C15H17N3O4. The average molecular weight is 303 g/mol. The maximum atomic E-state index is 12.5. The molecule has 1 atom stereocenters. The molecule has 1 fully saturated rings. The fourth-order valence-corrected chi connectivity index (χ4v) is 2.72. The Balaban J connectivity index is 1.79. The molecule has 2 aromatic rings. The highest BCUT2D eigenvalue weighted by molar-refractivity contribution is 5.91. The van der Waals surface area contributed by atoms with Gasteiger partial charge in [0.25, 0.3) is 5.91 Å². The highest BCUT2D eigenvalue weighted by Crippen LogP contribution is 2.25. The second-order valence-electron chi connectivity index (χ2n) is 5.53. The summed E-state index contributed by atoms with van der Waals surface area (Å²) in [6.07, 6.45) is 1.75. The maximum Gasteiger partial charge on any atom is 0.289 e. The van der Waals surface area contributed by atoms with E-state index in [-0.39, 0.29) is 23.0 Å². The van der Waals surface area contributed by atoms with Gasteiger partial charge in [0, 0.05) is 38.1 Å². The molecule has 2 aromatic heterocycles. The summed E-state index contributed by atoms with van der Waals surface area (Å²) in [5.74, 6) is 1.43. The molecule has 1 aliphatic heterocycles. The molecule has 7 heteroatoms. The van der Waals surface area contributed by atoms with E-state index in [1.807, 2.05) is 0 Å². The minimum absolute atomic E-state index is 0.0479. The number of carbonyl (C=O) groups is 1. The number of likely N-dealkylation sites (tertiary alicyclic amines) is 1. The predicted molar refractivity (Wildman–Crippen MR) is 76.6 cm³/mol. The van der Waals surface area contributed by atoms with Crippen molar-refractivity contribution >= 4 is 5.91 Å². The van der Waals surface area contributed by atoms with Crippen molar-refractivity contribution in [3.63, 3.8) is 0 Å². The van der Waals surface area contributed by atoms with Crippen molar-refractivity contribution < 1.29 is 13.7 Å². The molecule has 0 aromatic carbocycles. The minimum Gasteiger partial charge on any atom is -0.456 e. The molecule has 0 aliphatic carbocycles. The summed E-state index contributed by atoms with van der Waals surface area (Å²) in [5.41, 5.74) is -0.227. The summed E-state index contributed by atoms with van der Waals surface area (Å²) in [6, 6.07) is 2.59. The molecule has 0 saturated carbocycles.